The number of hydrogen-bond acceptors (Lipinski definition) is 5. The molecule has 28 heavy (non-hydrogen) atoms. The van der Waals surface area contributed by atoms with Crippen LogP contribution in [0.2, 0.25) is 0 Å². The van der Waals surface area contributed by atoms with Crippen molar-refractivity contribution in [1.29, 1.82) is 0 Å². The van der Waals surface area contributed by atoms with Gasteiger partial charge in [-0.2, -0.15) is 0 Å². The Bertz CT molecular complexity index is 855. The molecule has 1 atom stereocenters. The Morgan fingerprint density at radius 1 is 1.18 bits per heavy atom. The number of para-hydroxylation sites is 1. The highest BCUT2D eigenvalue weighted by Gasteiger charge is 2.34. The van der Waals surface area contributed by atoms with Crippen molar-refractivity contribution in [3.05, 3.63) is 41.7 Å². The zero-order valence-electron chi connectivity index (χ0n) is 16.3. The first-order valence-corrected chi connectivity index (χ1v) is 9.86. The molecule has 2 aromatic rings. The SMILES string of the molecule is CC(C)C[C@H]1Cn2nnc(C(=O)N3CCN(c4ccccc4)CC3)c2C(=O)N1. The van der Waals surface area contributed by atoms with Gasteiger partial charge in [0.1, 0.15) is 0 Å². The molecule has 8 heteroatoms. The summed E-state index contributed by atoms with van der Waals surface area (Å²) in [6, 6.07) is 10.2. The van der Waals surface area contributed by atoms with Crippen LogP contribution in [0, 0.1) is 5.92 Å². The number of carbonyl (C=O) groups excluding carboxylic acids is 2. The van der Waals surface area contributed by atoms with Crippen LogP contribution in [0.25, 0.3) is 0 Å². The lowest BCUT2D eigenvalue weighted by Gasteiger charge is -2.36. The highest BCUT2D eigenvalue weighted by molar-refractivity contribution is 6.05. The van der Waals surface area contributed by atoms with E-state index < -0.39 is 0 Å². The zero-order chi connectivity index (χ0) is 19.7. The van der Waals surface area contributed by atoms with Crippen LogP contribution in [-0.4, -0.2) is 63.9 Å². The summed E-state index contributed by atoms with van der Waals surface area (Å²) < 4.78 is 1.58. The van der Waals surface area contributed by atoms with E-state index in [1.807, 2.05) is 18.2 Å². The van der Waals surface area contributed by atoms with E-state index in [-0.39, 0.29) is 29.2 Å². The average molecular weight is 382 g/mol. The number of benzene rings is 1. The lowest BCUT2D eigenvalue weighted by Crippen LogP contribution is -2.50. The number of aromatic nitrogens is 3. The standard InChI is InChI=1S/C20H26N6O2/c1-14(2)12-15-13-26-18(19(27)21-15)17(22-23-26)20(28)25-10-8-24(9-11-25)16-6-4-3-5-7-16/h3-7,14-15H,8-13H2,1-2H3,(H,21,27)/t15-/m0/s1. The van der Waals surface area contributed by atoms with Gasteiger partial charge in [-0.15, -0.1) is 5.10 Å². The summed E-state index contributed by atoms with van der Waals surface area (Å²) in [4.78, 5) is 29.6. The smallest absolute Gasteiger partial charge is 0.277 e. The molecule has 2 amide bonds. The molecule has 0 spiro atoms. The molecule has 3 heterocycles. The van der Waals surface area contributed by atoms with Crippen LogP contribution < -0.4 is 10.2 Å². The van der Waals surface area contributed by atoms with E-state index >= 15 is 0 Å². The van der Waals surface area contributed by atoms with Gasteiger partial charge in [-0.3, -0.25) is 9.59 Å². The van der Waals surface area contributed by atoms with Crippen molar-refractivity contribution in [2.75, 3.05) is 31.1 Å². The van der Waals surface area contributed by atoms with E-state index in [4.69, 9.17) is 0 Å². The van der Waals surface area contributed by atoms with Gasteiger partial charge in [-0.1, -0.05) is 37.3 Å². The third kappa shape index (κ3) is 3.58. The van der Waals surface area contributed by atoms with E-state index in [9.17, 15) is 9.59 Å². The molecule has 8 nitrogen and oxygen atoms in total. The Kier molecular flexibility index (Phi) is 5.02. The largest absolute Gasteiger partial charge is 0.368 e. The zero-order valence-corrected chi connectivity index (χ0v) is 16.3. The van der Waals surface area contributed by atoms with Gasteiger partial charge >= 0.3 is 0 Å². The van der Waals surface area contributed by atoms with Gasteiger partial charge in [-0.05, 0) is 24.5 Å². The second kappa shape index (κ2) is 7.61. The molecule has 1 saturated heterocycles. The molecule has 1 aromatic carbocycles. The lowest BCUT2D eigenvalue weighted by atomic mass is 10.0. The summed E-state index contributed by atoms with van der Waals surface area (Å²) in [7, 11) is 0. The number of rotatable bonds is 4. The number of carbonyl (C=O) groups is 2. The fourth-order valence-corrected chi connectivity index (χ4v) is 3.98. The molecule has 0 bridgehead atoms. The number of nitrogens with one attached hydrogen (secondary N) is 1. The second-order valence-electron chi connectivity index (χ2n) is 7.88. The minimum atomic E-state index is -0.256. The first kappa shape index (κ1) is 18.5. The Morgan fingerprint density at radius 2 is 1.89 bits per heavy atom. The van der Waals surface area contributed by atoms with Crippen LogP contribution in [-0.2, 0) is 6.54 Å². The van der Waals surface area contributed by atoms with Crippen LogP contribution in [0.4, 0.5) is 5.69 Å². The first-order chi connectivity index (χ1) is 13.5. The molecular formula is C20H26N6O2. The number of amides is 2. The Hall–Kier alpha value is -2.90. The summed E-state index contributed by atoms with van der Waals surface area (Å²) >= 11 is 0. The van der Waals surface area contributed by atoms with Crippen molar-refractivity contribution in [2.24, 2.45) is 5.92 Å². The Morgan fingerprint density at radius 3 is 2.57 bits per heavy atom. The van der Waals surface area contributed by atoms with E-state index in [1.54, 1.807) is 9.58 Å². The maximum absolute atomic E-state index is 13.0. The van der Waals surface area contributed by atoms with Crippen molar-refractivity contribution in [1.82, 2.24) is 25.2 Å². The lowest BCUT2D eigenvalue weighted by molar-refractivity contribution is 0.0730. The van der Waals surface area contributed by atoms with Crippen LogP contribution >= 0.6 is 0 Å². The summed E-state index contributed by atoms with van der Waals surface area (Å²) in [6.07, 6.45) is 0.871. The highest BCUT2D eigenvalue weighted by atomic mass is 16.2. The normalized spacial score (nSPS) is 19.5. The Labute approximate surface area is 164 Å². The number of nitrogens with zero attached hydrogens (tertiary/aromatic N) is 5. The van der Waals surface area contributed by atoms with Gasteiger partial charge in [0.2, 0.25) is 0 Å². The van der Waals surface area contributed by atoms with E-state index in [0.29, 0.717) is 25.6 Å². The van der Waals surface area contributed by atoms with Crippen molar-refractivity contribution < 1.29 is 9.59 Å². The van der Waals surface area contributed by atoms with Gasteiger partial charge in [0.05, 0.1) is 6.54 Å². The third-order valence-corrected chi connectivity index (χ3v) is 5.33. The molecule has 0 saturated carbocycles. The number of piperazine rings is 1. The molecule has 2 aliphatic heterocycles. The van der Waals surface area contributed by atoms with Crippen molar-refractivity contribution >= 4 is 17.5 Å². The third-order valence-electron chi connectivity index (χ3n) is 5.33. The molecule has 1 aromatic heterocycles. The maximum Gasteiger partial charge on any atom is 0.277 e. The average Bonchev–Trinajstić information content (AvgIpc) is 3.12. The quantitative estimate of drug-likeness (QED) is 0.864. The summed E-state index contributed by atoms with van der Waals surface area (Å²) in [5.74, 6) is -0.00280. The molecule has 0 radical (unpaired) electrons. The van der Waals surface area contributed by atoms with Crippen LogP contribution in [0.5, 0.6) is 0 Å². The fourth-order valence-electron chi connectivity index (χ4n) is 3.98. The van der Waals surface area contributed by atoms with Gasteiger partial charge < -0.3 is 15.1 Å². The van der Waals surface area contributed by atoms with Crippen molar-refractivity contribution in [3.63, 3.8) is 0 Å². The van der Waals surface area contributed by atoms with Crippen LogP contribution in [0.1, 0.15) is 41.2 Å². The van der Waals surface area contributed by atoms with Crippen LogP contribution in [0.3, 0.4) is 0 Å². The molecule has 2 aliphatic rings. The van der Waals surface area contributed by atoms with E-state index in [1.165, 1.54) is 0 Å². The predicted molar refractivity (Wildman–Crippen MR) is 105 cm³/mol. The second-order valence-corrected chi connectivity index (χ2v) is 7.88. The molecule has 148 valence electrons. The minimum absolute atomic E-state index is 0.0269. The number of fused-ring (bicyclic) bond motifs is 1. The summed E-state index contributed by atoms with van der Waals surface area (Å²) in [5.41, 5.74) is 1.61. The Balaban J connectivity index is 1.44. The molecule has 4 rings (SSSR count). The van der Waals surface area contributed by atoms with Crippen molar-refractivity contribution in [2.45, 2.75) is 32.9 Å². The topological polar surface area (TPSA) is 83.4 Å². The molecule has 0 aliphatic carbocycles. The number of anilines is 1. The molecule has 1 N–H and O–H groups in total. The predicted octanol–water partition coefficient (Wildman–Crippen LogP) is 1.40. The summed E-state index contributed by atoms with van der Waals surface area (Å²) in [5, 5.41) is 11.2. The molecular weight excluding hydrogens is 356 g/mol. The van der Waals surface area contributed by atoms with Gasteiger partial charge in [0.15, 0.2) is 11.4 Å². The fraction of sp³-hybridized carbons (Fsp3) is 0.500. The van der Waals surface area contributed by atoms with Gasteiger partial charge in [0, 0.05) is 37.9 Å². The van der Waals surface area contributed by atoms with Crippen molar-refractivity contribution in [3.8, 4) is 0 Å². The summed E-state index contributed by atoms with van der Waals surface area (Å²) in [6.45, 7) is 7.49. The maximum atomic E-state index is 13.0. The molecule has 0 unspecified atom stereocenters. The van der Waals surface area contributed by atoms with E-state index in [0.717, 1.165) is 25.2 Å². The highest BCUT2D eigenvalue weighted by Crippen LogP contribution is 2.20. The van der Waals surface area contributed by atoms with Crippen LogP contribution in [0.15, 0.2) is 30.3 Å². The number of hydrogen-bond donors (Lipinski definition) is 1. The minimum Gasteiger partial charge on any atom is -0.368 e. The monoisotopic (exact) mass is 382 g/mol. The van der Waals surface area contributed by atoms with Gasteiger partial charge in [-0.25, -0.2) is 4.68 Å². The molecule has 1 fully saturated rings. The van der Waals surface area contributed by atoms with E-state index in [2.05, 4.69) is 46.5 Å². The van der Waals surface area contributed by atoms with Gasteiger partial charge in [0.25, 0.3) is 11.8 Å². The first-order valence-electron chi connectivity index (χ1n) is 9.86.